The Hall–Kier alpha value is -2.10. The Labute approximate surface area is 105 Å². The summed E-state index contributed by atoms with van der Waals surface area (Å²) < 4.78 is 5.07. The van der Waals surface area contributed by atoms with E-state index in [-0.39, 0.29) is 12.2 Å². The molecule has 0 saturated heterocycles. The van der Waals surface area contributed by atoms with Crippen LogP contribution in [0, 0.1) is 0 Å². The summed E-state index contributed by atoms with van der Waals surface area (Å²) >= 11 is 0. The van der Waals surface area contributed by atoms with Crippen molar-refractivity contribution in [1.82, 2.24) is 0 Å². The Morgan fingerprint density at radius 3 is 2.50 bits per heavy atom. The van der Waals surface area contributed by atoms with Crippen LogP contribution in [0.25, 0.3) is 5.57 Å². The van der Waals surface area contributed by atoms with Gasteiger partial charge >= 0.3 is 5.97 Å². The van der Waals surface area contributed by atoms with E-state index in [1.807, 2.05) is 24.3 Å². The number of ketones is 1. The molecule has 18 heavy (non-hydrogen) atoms. The summed E-state index contributed by atoms with van der Waals surface area (Å²) in [6.07, 6.45) is 0.831. The number of carboxylic acid groups (broad SMARTS) is 1. The van der Waals surface area contributed by atoms with Crippen LogP contribution in [0.15, 0.2) is 29.8 Å². The number of hydrogen-bond donors (Lipinski definition) is 1. The van der Waals surface area contributed by atoms with Gasteiger partial charge in [-0.05, 0) is 29.7 Å². The van der Waals surface area contributed by atoms with Crippen LogP contribution in [0.2, 0.25) is 0 Å². The maximum atomic E-state index is 11.7. The van der Waals surface area contributed by atoms with Crippen LogP contribution in [0.4, 0.5) is 0 Å². The lowest BCUT2D eigenvalue weighted by Gasteiger charge is -2.06. The molecule has 1 aliphatic carbocycles. The van der Waals surface area contributed by atoms with E-state index in [1.165, 1.54) is 0 Å². The minimum absolute atomic E-state index is 0.0526. The van der Waals surface area contributed by atoms with Crippen LogP contribution in [0.3, 0.4) is 0 Å². The topological polar surface area (TPSA) is 63.6 Å². The third-order valence-corrected chi connectivity index (χ3v) is 3.07. The zero-order valence-corrected chi connectivity index (χ0v) is 10.1. The average molecular weight is 246 g/mol. The van der Waals surface area contributed by atoms with E-state index in [4.69, 9.17) is 9.84 Å². The average Bonchev–Trinajstić information content (AvgIpc) is 2.71. The van der Waals surface area contributed by atoms with Crippen molar-refractivity contribution in [2.24, 2.45) is 0 Å². The number of Topliss-reactive ketones (excluding diaryl/α,β-unsaturated/α-hetero) is 1. The Balaban J connectivity index is 2.36. The first-order chi connectivity index (χ1) is 8.61. The summed E-state index contributed by atoms with van der Waals surface area (Å²) in [5.74, 6) is -0.280. The van der Waals surface area contributed by atoms with Gasteiger partial charge in [0.1, 0.15) is 5.75 Å². The predicted octanol–water partition coefficient (Wildman–Crippen LogP) is 2.29. The first kappa shape index (κ1) is 12.4. The number of allylic oxidation sites excluding steroid dienone is 1. The molecule has 4 heteroatoms. The number of hydrogen-bond acceptors (Lipinski definition) is 3. The molecule has 1 aromatic rings. The number of carboxylic acids is 1. The lowest BCUT2D eigenvalue weighted by Crippen LogP contribution is -2.04. The molecule has 0 aliphatic heterocycles. The van der Waals surface area contributed by atoms with Crippen LogP contribution >= 0.6 is 0 Å². The summed E-state index contributed by atoms with van der Waals surface area (Å²) in [7, 11) is 1.59. The highest BCUT2D eigenvalue weighted by atomic mass is 16.5. The number of aliphatic carboxylic acids is 1. The van der Waals surface area contributed by atoms with Gasteiger partial charge in [-0.3, -0.25) is 9.59 Å². The van der Waals surface area contributed by atoms with Crippen molar-refractivity contribution in [2.45, 2.75) is 19.3 Å². The van der Waals surface area contributed by atoms with Gasteiger partial charge in [0.05, 0.1) is 13.5 Å². The number of carbonyl (C=O) groups is 2. The van der Waals surface area contributed by atoms with Crippen molar-refractivity contribution in [1.29, 1.82) is 0 Å². The second kappa shape index (κ2) is 5.04. The monoisotopic (exact) mass is 246 g/mol. The predicted molar refractivity (Wildman–Crippen MR) is 66.4 cm³/mol. The lowest BCUT2D eigenvalue weighted by molar-refractivity contribution is -0.136. The highest BCUT2D eigenvalue weighted by molar-refractivity contribution is 6.09. The first-order valence-electron chi connectivity index (χ1n) is 5.73. The van der Waals surface area contributed by atoms with Crippen LogP contribution in [-0.2, 0) is 9.59 Å². The molecular formula is C14H14O4. The van der Waals surface area contributed by atoms with E-state index in [9.17, 15) is 9.59 Å². The molecule has 1 N–H and O–H groups in total. The molecule has 4 nitrogen and oxygen atoms in total. The molecule has 0 fully saturated rings. The van der Waals surface area contributed by atoms with Crippen LogP contribution in [0.5, 0.6) is 5.75 Å². The molecule has 1 aliphatic rings. The molecule has 0 atom stereocenters. The summed E-state index contributed by atoms with van der Waals surface area (Å²) in [6.45, 7) is 0. The summed E-state index contributed by atoms with van der Waals surface area (Å²) in [5, 5.41) is 8.83. The summed E-state index contributed by atoms with van der Waals surface area (Å²) in [6, 6.07) is 7.33. The number of ether oxygens (including phenoxy) is 1. The van der Waals surface area contributed by atoms with Gasteiger partial charge in [-0.15, -0.1) is 0 Å². The largest absolute Gasteiger partial charge is 0.497 e. The molecule has 0 unspecified atom stereocenters. The zero-order valence-electron chi connectivity index (χ0n) is 10.1. The molecular weight excluding hydrogens is 232 g/mol. The quantitative estimate of drug-likeness (QED) is 0.885. The summed E-state index contributed by atoms with van der Waals surface area (Å²) in [4.78, 5) is 22.4. The van der Waals surface area contributed by atoms with Crippen LogP contribution in [0.1, 0.15) is 24.8 Å². The molecule has 1 aromatic carbocycles. The van der Waals surface area contributed by atoms with E-state index in [1.54, 1.807) is 7.11 Å². The fourth-order valence-electron chi connectivity index (χ4n) is 2.18. The first-order valence-corrected chi connectivity index (χ1v) is 5.73. The van der Waals surface area contributed by atoms with Crippen molar-refractivity contribution in [3.8, 4) is 5.75 Å². The molecule has 0 bridgehead atoms. The van der Waals surface area contributed by atoms with Gasteiger partial charge in [-0.2, -0.15) is 0 Å². The normalized spacial score (nSPS) is 15.1. The lowest BCUT2D eigenvalue weighted by atomic mass is 10.00. The number of benzene rings is 1. The van der Waals surface area contributed by atoms with Gasteiger partial charge in [0.2, 0.25) is 0 Å². The second-order valence-electron chi connectivity index (χ2n) is 4.18. The van der Waals surface area contributed by atoms with Crippen molar-refractivity contribution >= 4 is 17.3 Å². The SMILES string of the molecule is COc1ccc(C2=C(CC(=O)O)C(=O)CC2)cc1. The van der Waals surface area contributed by atoms with E-state index in [2.05, 4.69) is 0 Å². The van der Waals surface area contributed by atoms with Crippen molar-refractivity contribution in [3.63, 3.8) is 0 Å². The van der Waals surface area contributed by atoms with E-state index in [0.29, 0.717) is 18.4 Å². The van der Waals surface area contributed by atoms with Gasteiger partial charge in [0.25, 0.3) is 0 Å². The third-order valence-electron chi connectivity index (χ3n) is 3.07. The molecule has 0 saturated carbocycles. The molecule has 0 heterocycles. The second-order valence-corrected chi connectivity index (χ2v) is 4.18. The van der Waals surface area contributed by atoms with Crippen molar-refractivity contribution in [2.75, 3.05) is 7.11 Å². The van der Waals surface area contributed by atoms with Crippen LogP contribution < -0.4 is 4.74 Å². The van der Waals surface area contributed by atoms with E-state index < -0.39 is 5.97 Å². The molecule has 2 rings (SSSR count). The minimum Gasteiger partial charge on any atom is -0.497 e. The van der Waals surface area contributed by atoms with Crippen LogP contribution in [-0.4, -0.2) is 24.0 Å². The smallest absolute Gasteiger partial charge is 0.307 e. The van der Waals surface area contributed by atoms with Crippen molar-refractivity contribution < 1.29 is 19.4 Å². The highest BCUT2D eigenvalue weighted by Gasteiger charge is 2.25. The van der Waals surface area contributed by atoms with Gasteiger partial charge < -0.3 is 9.84 Å². The highest BCUT2D eigenvalue weighted by Crippen LogP contribution is 2.33. The fourth-order valence-corrected chi connectivity index (χ4v) is 2.18. The number of rotatable bonds is 4. The number of carbonyl (C=O) groups excluding carboxylic acids is 1. The number of methoxy groups -OCH3 is 1. The van der Waals surface area contributed by atoms with Gasteiger partial charge in [0.15, 0.2) is 5.78 Å². The van der Waals surface area contributed by atoms with E-state index >= 15 is 0 Å². The molecule has 0 spiro atoms. The molecule has 0 amide bonds. The fraction of sp³-hybridized carbons (Fsp3) is 0.286. The zero-order chi connectivity index (χ0) is 13.1. The summed E-state index contributed by atoms with van der Waals surface area (Å²) in [5.41, 5.74) is 2.19. The van der Waals surface area contributed by atoms with E-state index in [0.717, 1.165) is 16.9 Å². The standard InChI is InChI=1S/C14H14O4/c1-18-10-4-2-9(3-5-10)11-6-7-13(15)12(11)8-14(16)17/h2-5H,6-8H2,1H3,(H,16,17). The third kappa shape index (κ3) is 2.42. The van der Waals surface area contributed by atoms with Gasteiger partial charge in [-0.1, -0.05) is 12.1 Å². The Kier molecular flexibility index (Phi) is 3.46. The Morgan fingerprint density at radius 1 is 1.28 bits per heavy atom. The van der Waals surface area contributed by atoms with Gasteiger partial charge in [0, 0.05) is 12.0 Å². The van der Waals surface area contributed by atoms with Crippen molar-refractivity contribution in [3.05, 3.63) is 35.4 Å². The Bertz CT molecular complexity index is 511. The van der Waals surface area contributed by atoms with Gasteiger partial charge in [-0.25, -0.2) is 0 Å². The maximum absolute atomic E-state index is 11.7. The molecule has 0 aromatic heterocycles. The maximum Gasteiger partial charge on any atom is 0.307 e. The molecule has 94 valence electrons. The Morgan fingerprint density at radius 2 is 1.94 bits per heavy atom. The molecule has 0 radical (unpaired) electrons. The minimum atomic E-state index is -0.966.